The van der Waals surface area contributed by atoms with Crippen molar-refractivity contribution in [2.75, 3.05) is 13.6 Å². The van der Waals surface area contributed by atoms with Crippen LogP contribution in [-0.2, 0) is 19.3 Å². The van der Waals surface area contributed by atoms with E-state index in [-0.39, 0.29) is 30.5 Å². The largest absolute Gasteiger partial charge is 0.416 e. The number of nitrogens with zero attached hydrogens (tertiary/aromatic N) is 3. The molecule has 0 aliphatic heterocycles. The van der Waals surface area contributed by atoms with E-state index in [1.807, 2.05) is 24.6 Å². The van der Waals surface area contributed by atoms with Crippen molar-refractivity contribution >= 4 is 29.9 Å². The number of aliphatic imine (C=N–C) groups is 1. The minimum Gasteiger partial charge on any atom is -0.356 e. The van der Waals surface area contributed by atoms with E-state index in [4.69, 9.17) is 0 Å². The highest BCUT2D eigenvalue weighted by atomic mass is 127. The maximum absolute atomic E-state index is 12.7. The molecular formula is C18H25F3IN5. The fraction of sp³-hybridized carbons (Fsp3) is 0.444. The molecule has 150 valence electrons. The number of benzene rings is 1. The molecule has 0 aliphatic rings. The van der Waals surface area contributed by atoms with Gasteiger partial charge in [0, 0.05) is 32.4 Å². The predicted molar refractivity (Wildman–Crippen MR) is 111 cm³/mol. The summed E-state index contributed by atoms with van der Waals surface area (Å²) in [4.78, 5) is 4.09. The van der Waals surface area contributed by atoms with Gasteiger partial charge in [0.25, 0.3) is 0 Å². The van der Waals surface area contributed by atoms with Crippen molar-refractivity contribution < 1.29 is 13.2 Å². The van der Waals surface area contributed by atoms with Gasteiger partial charge in [-0.05, 0) is 44.0 Å². The lowest BCUT2D eigenvalue weighted by atomic mass is 10.1. The quantitative estimate of drug-likeness (QED) is 0.277. The van der Waals surface area contributed by atoms with Crippen LogP contribution in [0.3, 0.4) is 0 Å². The second-order valence-electron chi connectivity index (χ2n) is 6.05. The van der Waals surface area contributed by atoms with Gasteiger partial charge in [0.2, 0.25) is 0 Å². The molecule has 0 bridgehead atoms. The van der Waals surface area contributed by atoms with Crippen LogP contribution in [0.25, 0.3) is 0 Å². The number of hydrogen-bond acceptors (Lipinski definition) is 2. The summed E-state index contributed by atoms with van der Waals surface area (Å²) in [5.74, 6) is 0.552. The van der Waals surface area contributed by atoms with Gasteiger partial charge < -0.3 is 10.6 Å². The van der Waals surface area contributed by atoms with E-state index in [1.54, 1.807) is 13.1 Å². The maximum atomic E-state index is 12.7. The van der Waals surface area contributed by atoms with Crippen LogP contribution in [0.15, 0.2) is 35.3 Å². The lowest BCUT2D eigenvalue weighted by molar-refractivity contribution is -0.137. The first kappa shape index (κ1) is 23.3. The van der Waals surface area contributed by atoms with Crippen molar-refractivity contribution in [3.8, 4) is 0 Å². The minimum absolute atomic E-state index is 0. The molecule has 1 aromatic heterocycles. The van der Waals surface area contributed by atoms with Crippen molar-refractivity contribution in [2.24, 2.45) is 4.99 Å². The Bertz CT molecular complexity index is 756. The molecule has 0 atom stereocenters. The van der Waals surface area contributed by atoms with Crippen LogP contribution in [0.5, 0.6) is 0 Å². The minimum atomic E-state index is -4.33. The van der Waals surface area contributed by atoms with Gasteiger partial charge in [-0.3, -0.25) is 9.67 Å². The van der Waals surface area contributed by atoms with Crippen LogP contribution in [0.1, 0.15) is 28.9 Å². The highest BCUT2D eigenvalue weighted by Gasteiger charge is 2.30. The van der Waals surface area contributed by atoms with Gasteiger partial charge in [0.1, 0.15) is 0 Å². The first-order chi connectivity index (χ1) is 12.3. The van der Waals surface area contributed by atoms with E-state index in [0.717, 1.165) is 36.5 Å². The third kappa shape index (κ3) is 7.39. The van der Waals surface area contributed by atoms with Crippen LogP contribution in [-0.4, -0.2) is 29.3 Å². The lowest BCUT2D eigenvalue weighted by Gasteiger charge is -2.13. The first-order valence-corrected chi connectivity index (χ1v) is 8.41. The second kappa shape index (κ2) is 10.5. The van der Waals surface area contributed by atoms with Crippen molar-refractivity contribution in [3.05, 3.63) is 52.8 Å². The Morgan fingerprint density at radius 1 is 1.19 bits per heavy atom. The summed E-state index contributed by atoms with van der Waals surface area (Å²) in [5, 5.41) is 10.6. The summed E-state index contributed by atoms with van der Waals surface area (Å²) < 4.78 is 40.2. The van der Waals surface area contributed by atoms with E-state index in [9.17, 15) is 13.2 Å². The summed E-state index contributed by atoms with van der Waals surface area (Å²) in [6, 6.07) is 7.30. The molecule has 0 saturated heterocycles. The summed E-state index contributed by atoms with van der Waals surface area (Å²) in [6.45, 7) is 5.71. The molecule has 27 heavy (non-hydrogen) atoms. The Kier molecular flexibility index (Phi) is 9.07. The number of alkyl halides is 3. The maximum Gasteiger partial charge on any atom is 0.416 e. The van der Waals surface area contributed by atoms with E-state index < -0.39 is 11.7 Å². The number of aryl methyl sites for hydroxylation is 3. The van der Waals surface area contributed by atoms with Gasteiger partial charge in [0.05, 0.1) is 11.3 Å². The number of aromatic nitrogens is 2. The zero-order chi connectivity index (χ0) is 19.2. The van der Waals surface area contributed by atoms with Crippen molar-refractivity contribution in [2.45, 2.75) is 39.5 Å². The Morgan fingerprint density at radius 3 is 2.52 bits per heavy atom. The van der Waals surface area contributed by atoms with Crippen molar-refractivity contribution in [3.63, 3.8) is 0 Å². The van der Waals surface area contributed by atoms with Gasteiger partial charge >= 0.3 is 6.18 Å². The van der Waals surface area contributed by atoms with E-state index in [2.05, 4.69) is 20.7 Å². The Morgan fingerprint density at radius 2 is 1.93 bits per heavy atom. The molecule has 0 spiro atoms. The van der Waals surface area contributed by atoms with Gasteiger partial charge in [-0.2, -0.15) is 18.3 Å². The molecule has 2 rings (SSSR count). The van der Waals surface area contributed by atoms with Gasteiger partial charge in [0.15, 0.2) is 5.96 Å². The fourth-order valence-electron chi connectivity index (χ4n) is 2.60. The number of halogens is 4. The summed E-state index contributed by atoms with van der Waals surface area (Å²) >= 11 is 0. The third-order valence-electron chi connectivity index (χ3n) is 3.88. The van der Waals surface area contributed by atoms with Crippen molar-refractivity contribution in [1.82, 2.24) is 20.4 Å². The number of hydrogen-bond donors (Lipinski definition) is 2. The monoisotopic (exact) mass is 495 g/mol. The van der Waals surface area contributed by atoms with Gasteiger partial charge in [-0.25, -0.2) is 0 Å². The number of guanidine groups is 1. The molecule has 0 amide bonds. The van der Waals surface area contributed by atoms with Crippen LogP contribution >= 0.6 is 24.0 Å². The summed E-state index contributed by atoms with van der Waals surface area (Å²) in [5.41, 5.74) is 2.01. The van der Waals surface area contributed by atoms with Crippen LogP contribution in [0.4, 0.5) is 13.2 Å². The average molecular weight is 495 g/mol. The highest BCUT2D eigenvalue weighted by Crippen LogP contribution is 2.29. The number of nitrogens with one attached hydrogen (secondary N) is 2. The topological polar surface area (TPSA) is 54.2 Å². The molecule has 9 heteroatoms. The predicted octanol–water partition coefficient (Wildman–Crippen LogP) is 3.89. The zero-order valence-electron chi connectivity index (χ0n) is 15.6. The van der Waals surface area contributed by atoms with Crippen LogP contribution < -0.4 is 10.6 Å². The molecule has 2 aromatic rings. The smallest absolute Gasteiger partial charge is 0.356 e. The molecule has 5 nitrogen and oxygen atoms in total. The zero-order valence-corrected chi connectivity index (χ0v) is 17.9. The van der Waals surface area contributed by atoms with Crippen LogP contribution in [0.2, 0.25) is 0 Å². The molecule has 1 heterocycles. The SMILES string of the molecule is CN=C(NCCCn1nc(C)cc1C)NCc1cccc(C(F)(F)F)c1.I. The Hall–Kier alpha value is -1.78. The molecule has 1 aromatic carbocycles. The summed E-state index contributed by atoms with van der Waals surface area (Å²) in [6.07, 6.45) is -3.48. The standard InChI is InChI=1S/C18H24F3N5.HI/c1-13-10-14(2)26(25-13)9-5-8-23-17(22-3)24-12-15-6-4-7-16(11-15)18(19,20)21;/h4,6-7,10-11H,5,8-9,12H2,1-3H3,(H2,22,23,24);1H. The molecule has 0 radical (unpaired) electrons. The first-order valence-electron chi connectivity index (χ1n) is 8.41. The highest BCUT2D eigenvalue weighted by molar-refractivity contribution is 14.0. The number of rotatable bonds is 6. The molecular weight excluding hydrogens is 470 g/mol. The fourth-order valence-corrected chi connectivity index (χ4v) is 2.60. The van der Waals surface area contributed by atoms with Crippen LogP contribution in [0, 0.1) is 13.8 Å². The Labute approximate surface area is 174 Å². The average Bonchev–Trinajstić information content (AvgIpc) is 2.91. The third-order valence-corrected chi connectivity index (χ3v) is 3.88. The van der Waals surface area contributed by atoms with E-state index in [1.165, 1.54) is 6.07 Å². The molecule has 2 N–H and O–H groups in total. The molecule has 0 aliphatic carbocycles. The van der Waals surface area contributed by atoms with Crippen molar-refractivity contribution in [1.29, 1.82) is 0 Å². The van der Waals surface area contributed by atoms with Gasteiger partial charge in [-0.15, -0.1) is 24.0 Å². The van der Waals surface area contributed by atoms with Gasteiger partial charge in [-0.1, -0.05) is 12.1 Å². The lowest BCUT2D eigenvalue weighted by Crippen LogP contribution is -2.37. The molecule has 0 saturated carbocycles. The Balaban J connectivity index is 0.00000364. The normalized spacial score (nSPS) is 11.9. The second-order valence-corrected chi connectivity index (χ2v) is 6.05. The summed E-state index contributed by atoms with van der Waals surface area (Å²) in [7, 11) is 1.63. The van der Waals surface area contributed by atoms with E-state index in [0.29, 0.717) is 18.1 Å². The molecule has 0 unspecified atom stereocenters. The van der Waals surface area contributed by atoms with E-state index >= 15 is 0 Å². The molecule has 0 fully saturated rings.